The average molecular weight is 457 g/mol. The van der Waals surface area contributed by atoms with Gasteiger partial charge in [0.05, 0.1) is 10.6 Å². The van der Waals surface area contributed by atoms with Gasteiger partial charge >= 0.3 is 0 Å². The molecule has 0 radical (unpaired) electrons. The predicted octanol–water partition coefficient (Wildman–Crippen LogP) is 3.04. The molecule has 9 heteroatoms. The summed E-state index contributed by atoms with van der Waals surface area (Å²) >= 11 is 0. The number of piperidine rings is 1. The van der Waals surface area contributed by atoms with Gasteiger partial charge in [-0.3, -0.25) is 4.79 Å². The second-order valence-corrected chi connectivity index (χ2v) is 9.78. The molecule has 3 aromatic rings. The van der Waals surface area contributed by atoms with Crippen molar-refractivity contribution in [3.63, 3.8) is 0 Å². The molecule has 1 amide bonds. The molecule has 1 N–H and O–H groups in total. The highest BCUT2D eigenvalue weighted by molar-refractivity contribution is 7.89. The van der Waals surface area contributed by atoms with Crippen LogP contribution in [0.15, 0.2) is 65.8 Å². The molecule has 1 aromatic heterocycles. The number of amides is 1. The molecule has 2 heterocycles. The van der Waals surface area contributed by atoms with E-state index >= 15 is 0 Å². The Hall–Kier alpha value is -3.04. The molecule has 1 aliphatic rings. The number of nitrogens with one attached hydrogen (secondary N) is 1. The first-order chi connectivity index (χ1) is 15.4. The Morgan fingerprint density at radius 1 is 1.16 bits per heavy atom. The lowest BCUT2D eigenvalue weighted by Crippen LogP contribution is -2.42. The van der Waals surface area contributed by atoms with Crippen LogP contribution in [0.4, 0.5) is 4.39 Å². The summed E-state index contributed by atoms with van der Waals surface area (Å²) in [5, 5.41) is 2.85. The van der Waals surface area contributed by atoms with Gasteiger partial charge in [-0.15, -0.1) is 0 Å². The highest BCUT2D eigenvalue weighted by Crippen LogP contribution is 2.24. The van der Waals surface area contributed by atoms with Gasteiger partial charge in [-0.1, -0.05) is 24.3 Å². The van der Waals surface area contributed by atoms with E-state index in [0.29, 0.717) is 43.0 Å². The molecule has 0 saturated carbocycles. The van der Waals surface area contributed by atoms with Crippen molar-refractivity contribution < 1.29 is 17.6 Å². The van der Waals surface area contributed by atoms with Gasteiger partial charge in [0.25, 0.3) is 0 Å². The number of hydrogen-bond acceptors (Lipinski definition) is 4. The molecular weight excluding hydrogens is 431 g/mol. The summed E-state index contributed by atoms with van der Waals surface area (Å²) in [7, 11) is -3.54. The molecule has 1 saturated heterocycles. The number of aromatic nitrogens is 2. The monoisotopic (exact) mass is 456 g/mol. The Labute approximate surface area is 186 Å². The third-order valence-corrected chi connectivity index (χ3v) is 7.68. The smallest absolute Gasteiger partial charge is 0.243 e. The van der Waals surface area contributed by atoms with E-state index in [1.807, 2.05) is 0 Å². The summed E-state index contributed by atoms with van der Waals surface area (Å²) in [4.78, 5) is 17.0. The standard InChI is InChI=1S/C23H25FN4O3S/c1-17-25-11-14-28(17)22-8-7-18(15-21(22)24)16-26-23(29)19-9-12-27(13-10-19)32(30,31)20-5-3-2-4-6-20/h2-8,11,14-15,19H,9-10,12-13,16H2,1H3,(H,26,29). The number of hydrogen-bond donors (Lipinski definition) is 1. The summed E-state index contributed by atoms with van der Waals surface area (Å²) < 4.78 is 43.1. The number of carbonyl (C=O) groups excluding carboxylic acids is 1. The zero-order valence-corrected chi connectivity index (χ0v) is 18.6. The Kier molecular flexibility index (Phi) is 6.38. The molecule has 1 aliphatic heterocycles. The van der Waals surface area contributed by atoms with Gasteiger partial charge in [0.15, 0.2) is 0 Å². The average Bonchev–Trinajstić information content (AvgIpc) is 3.23. The zero-order valence-electron chi connectivity index (χ0n) is 17.7. The summed E-state index contributed by atoms with van der Waals surface area (Å²) in [6.45, 7) is 2.59. The molecule has 4 rings (SSSR count). The summed E-state index contributed by atoms with van der Waals surface area (Å²) in [5.74, 6) is -0.116. The lowest BCUT2D eigenvalue weighted by Gasteiger charge is -2.30. The van der Waals surface area contributed by atoms with Crippen molar-refractivity contribution in [3.05, 3.63) is 78.1 Å². The second kappa shape index (κ2) is 9.22. The molecule has 0 bridgehead atoms. The minimum atomic E-state index is -3.54. The highest BCUT2D eigenvalue weighted by atomic mass is 32.2. The first-order valence-electron chi connectivity index (χ1n) is 10.5. The third kappa shape index (κ3) is 4.58. The van der Waals surface area contributed by atoms with Crippen LogP contribution < -0.4 is 5.32 Å². The van der Waals surface area contributed by atoms with Crippen molar-refractivity contribution in [2.45, 2.75) is 31.2 Å². The highest BCUT2D eigenvalue weighted by Gasteiger charge is 2.31. The maximum Gasteiger partial charge on any atom is 0.243 e. The number of imidazole rings is 1. The Bertz CT molecular complexity index is 1200. The van der Waals surface area contributed by atoms with Crippen LogP contribution in [-0.4, -0.2) is 41.3 Å². The number of nitrogens with zero attached hydrogens (tertiary/aromatic N) is 3. The Morgan fingerprint density at radius 3 is 2.50 bits per heavy atom. The van der Waals surface area contributed by atoms with Gasteiger partial charge in [-0.25, -0.2) is 17.8 Å². The minimum Gasteiger partial charge on any atom is -0.352 e. The van der Waals surface area contributed by atoms with E-state index in [0.717, 1.165) is 0 Å². The van der Waals surface area contributed by atoms with Crippen LogP contribution in [0.25, 0.3) is 5.69 Å². The number of rotatable bonds is 6. The van der Waals surface area contributed by atoms with Crippen LogP contribution in [0.5, 0.6) is 0 Å². The van der Waals surface area contributed by atoms with Crippen molar-refractivity contribution in [1.82, 2.24) is 19.2 Å². The predicted molar refractivity (Wildman–Crippen MR) is 118 cm³/mol. The van der Waals surface area contributed by atoms with E-state index in [1.165, 1.54) is 10.4 Å². The van der Waals surface area contributed by atoms with E-state index in [2.05, 4.69) is 10.3 Å². The summed E-state index contributed by atoms with van der Waals surface area (Å²) in [6.07, 6.45) is 4.20. The Balaban J connectivity index is 1.32. The van der Waals surface area contributed by atoms with Crippen LogP contribution in [0.1, 0.15) is 24.2 Å². The molecule has 7 nitrogen and oxygen atoms in total. The van der Waals surface area contributed by atoms with E-state index in [4.69, 9.17) is 0 Å². The van der Waals surface area contributed by atoms with Gasteiger partial charge in [-0.05, 0) is 49.6 Å². The molecule has 0 atom stereocenters. The molecule has 1 fully saturated rings. The number of aryl methyl sites for hydroxylation is 1. The van der Waals surface area contributed by atoms with Crippen LogP contribution in [0, 0.1) is 18.7 Å². The van der Waals surface area contributed by atoms with Crippen molar-refractivity contribution in [1.29, 1.82) is 0 Å². The van der Waals surface area contributed by atoms with Gasteiger partial charge < -0.3 is 9.88 Å². The number of benzene rings is 2. The largest absolute Gasteiger partial charge is 0.352 e. The van der Waals surface area contributed by atoms with Crippen LogP contribution in [0.2, 0.25) is 0 Å². The molecular formula is C23H25FN4O3S. The van der Waals surface area contributed by atoms with Gasteiger partial charge in [0, 0.05) is 37.9 Å². The third-order valence-electron chi connectivity index (χ3n) is 5.77. The fourth-order valence-electron chi connectivity index (χ4n) is 3.92. The normalized spacial score (nSPS) is 15.6. The fraction of sp³-hybridized carbons (Fsp3) is 0.304. The lowest BCUT2D eigenvalue weighted by molar-refractivity contribution is -0.126. The first kappa shape index (κ1) is 22.2. The molecule has 0 spiro atoms. The summed E-state index contributed by atoms with van der Waals surface area (Å²) in [5.41, 5.74) is 1.06. The van der Waals surface area contributed by atoms with E-state index < -0.39 is 15.8 Å². The number of halogens is 1. The van der Waals surface area contributed by atoms with Crippen LogP contribution in [0.3, 0.4) is 0 Å². The Morgan fingerprint density at radius 2 is 1.88 bits per heavy atom. The molecule has 168 valence electrons. The van der Waals surface area contributed by atoms with E-state index in [1.54, 1.807) is 66.3 Å². The van der Waals surface area contributed by atoms with Gasteiger partial charge in [-0.2, -0.15) is 4.31 Å². The fourth-order valence-corrected chi connectivity index (χ4v) is 5.41. The topological polar surface area (TPSA) is 84.3 Å². The maximum absolute atomic E-state index is 14.5. The van der Waals surface area contributed by atoms with Gasteiger partial charge in [0.1, 0.15) is 11.6 Å². The van der Waals surface area contributed by atoms with Crippen molar-refractivity contribution in [2.24, 2.45) is 5.92 Å². The maximum atomic E-state index is 14.5. The van der Waals surface area contributed by atoms with Gasteiger partial charge in [0.2, 0.25) is 15.9 Å². The first-order valence-corrected chi connectivity index (χ1v) is 11.9. The molecule has 2 aromatic carbocycles. The van der Waals surface area contributed by atoms with Crippen molar-refractivity contribution in [2.75, 3.05) is 13.1 Å². The number of sulfonamides is 1. The van der Waals surface area contributed by atoms with Crippen molar-refractivity contribution >= 4 is 15.9 Å². The van der Waals surface area contributed by atoms with Crippen LogP contribution in [-0.2, 0) is 21.4 Å². The van der Waals surface area contributed by atoms with Crippen LogP contribution >= 0.6 is 0 Å². The quantitative estimate of drug-likeness (QED) is 0.618. The molecule has 0 aliphatic carbocycles. The van der Waals surface area contributed by atoms with E-state index in [-0.39, 0.29) is 23.3 Å². The second-order valence-electron chi connectivity index (χ2n) is 7.84. The minimum absolute atomic E-state index is 0.142. The summed E-state index contributed by atoms with van der Waals surface area (Å²) in [6, 6.07) is 13.2. The SMILES string of the molecule is Cc1nccn1-c1ccc(CNC(=O)C2CCN(S(=O)(=O)c3ccccc3)CC2)cc1F. The molecule has 0 unspecified atom stereocenters. The zero-order chi connectivity index (χ0) is 22.7. The van der Waals surface area contributed by atoms with Crippen molar-refractivity contribution in [3.8, 4) is 5.69 Å². The lowest BCUT2D eigenvalue weighted by atomic mass is 9.97. The van der Waals surface area contributed by atoms with E-state index in [9.17, 15) is 17.6 Å². The molecule has 32 heavy (non-hydrogen) atoms. The number of carbonyl (C=O) groups is 1.